The van der Waals surface area contributed by atoms with Crippen LogP contribution in [0.15, 0.2) is 84.9 Å². The zero-order valence-corrected chi connectivity index (χ0v) is 12.7. The predicted molar refractivity (Wildman–Crippen MR) is 94.6 cm³/mol. The number of para-hydroxylation sites is 3. The number of hydrogen-bond donors (Lipinski definition) is 3. The van der Waals surface area contributed by atoms with Crippen LogP contribution in [0.2, 0.25) is 0 Å². The molecule has 114 valence electrons. The van der Waals surface area contributed by atoms with Gasteiger partial charge in [-0.25, -0.2) is 0 Å². The van der Waals surface area contributed by atoms with Gasteiger partial charge in [-0.15, -0.1) is 0 Å². The van der Waals surface area contributed by atoms with Crippen LogP contribution in [0.4, 0.5) is 11.4 Å². The second-order valence-electron chi connectivity index (χ2n) is 4.60. The van der Waals surface area contributed by atoms with Crippen LogP contribution in [0.1, 0.15) is 5.56 Å². The van der Waals surface area contributed by atoms with Crippen molar-refractivity contribution in [2.45, 2.75) is 6.92 Å². The number of rotatable bonds is 0. The molecule has 0 bridgehead atoms. The summed E-state index contributed by atoms with van der Waals surface area (Å²) in [6, 6.07) is 26.0. The lowest BCUT2D eigenvalue weighted by Gasteiger charge is -1.93. The van der Waals surface area contributed by atoms with Crippen LogP contribution in [-0.2, 0) is 0 Å². The maximum atomic E-state index is 8.63. The van der Waals surface area contributed by atoms with Gasteiger partial charge < -0.3 is 16.6 Å². The summed E-state index contributed by atoms with van der Waals surface area (Å²) in [4.78, 5) is 0. The molecule has 0 fully saturated rings. The standard InChI is InChI=1S/C7H9N.C6H7N.C6H6O/c1-6-4-2-3-5-7(6)8;2*7-6-4-2-1-3-5-6/h2-5H,8H2,1H3;1-5H,7H2;1-5,7H. The molecule has 22 heavy (non-hydrogen) atoms. The maximum absolute atomic E-state index is 8.63. The zero-order valence-electron chi connectivity index (χ0n) is 12.7. The fourth-order valence-electron chi connectivity index (χ4n) is 1.47. The van der Waals surface area contributed by atoms with E-state index >= 15 is 0 Å². The Morgan fingerprint density at radius 2 is 1.09 bits per heavy atom. The molecule has 0 saturated heterocycles. The predicted octanol–water partition coefficient (Wildman–Crippen LogP) is 4.24. The van der Waals surface area contributed by atoms with E-state index in [1.165, 1.54) is 0 Å². The highest BCUT2D eigenvalue weighted by Crippen LogP contribution is 2.06. The molecule has 0 amide bonds. The normalized spacial score (nSPS) is 8.77. The molecule has 3 aromatic rings. The largest absolute Gasteiger partial charge is 0.508 e. The van der Waals surface area contributed by atoms with E-state index in [1.807, 2.05) is 67.6 Å². The number of nitrogen functional groups attached to an aromatic ring is 2. The van der Waals surface area contributed by atoms with Crippen LogP contribution in [0, 0.1) is 6.92 Å². The minimum atomic E-state index is 0.322. The minimum Gasteiger partial charge on any atom is -0.508 e. The fourth-order valence-corrected chi connectivity index (χ4v) is 1.47. The van der Waals surface area contributed by atoms with Gasteiger partial charge in [-0.3, -0.25) is 0 Å². The molecule has 0 unspecified atom stereocenters. The summed E-state index contributed by atoms with van der Waals surface area (Å²) in [5, 5.41) is 8.63. The Balaban J connectivity index is 0.000000166. The summed E-state index contributed by atoms with van der Waals surface area (Å²) < 4.78 is 0. The maximum Gasteiger partial charge on any atom is 0.115 e. The minimum absolute atomic E-state index is 0.322. The van der Waals surface area contributed by atoms with Crippen LogP contribution >= 0.6 is 0 Å². The van der Waals surface area contributed by atoms with E-state index < -0.39 is 0 Å². The first-order chi connectivity index (χ1) is 10.6. The van der Waals surface area contributed by atoms with E-state index in [-0.39, 0.29) is 0 Å². The molecule has 0 atom stereocenters. The third-order valence-corrected chi connectivity index (χ3v) is 2.74. The Hall–Kier alpha value is -2.94. The molecule has 0 aromatic heterocycles. The Kier molecular flexibility index (Phi) is 7.69. The quantitative estimate of drug-likeness (QED) is 0.543. The molecule has 5 N–H and O–H groups in total. The molecular formula is C19H22N2O. The van der Waals surface area contributed by atoms with Crippen molar-refractivity contribution in [2.24, 2.45) is 0 Å². The molecule has 3 aromatic carbocycles. The number of benzene rings is 3. The van der Waals surface area contributed by atoms with Gasteiger partial charge in [-0.1, -0.05) is 54.6 Å². The van der Waals surface area contributed by atoms with Gasteiger partial charge in [0.1, 0.15) is 5.75 Å². The Morgan fingerprint density at radius 1 is 0.636 bits per heavy atom. The van der Waals surface area contributed by atoms with E-state index in [0.29, 0.717) is 5.75 Å². The number of aryl methyl sites for hydroxylation is 1. The van der Waals surface area contributed by atoms with Crippen molar-refractivity contribution in [3.05, 3.63) is 90.5 Å². The van der Waals surface area contributed by atoms with Gasteiger partial charge in [-0.05, 0) is 42.8 Å². The summed E-state index contributed by atoms with van der Waals surface area (Å²) in [7, 11) is 0. The van der Waals surface area contributed by atoms with Gasteiger partial charge in [0.2, 0.25) is 0 Å². The van der Waals surface area contributed by atoms with Crippen molar-refractivity contribution in [3.63, 3.8) is 0 Å². The van der Waals surface area contributed by atoms with Crippen molar-refractivity contribution in [1.29, 1.82) is 0 Å². The molecule has 0 aliphatic rings. The smallest absolute Gasteiger partial charge is 0.115 e. The molecule has 0 heterocycles. The van der Waals surface area contributed by atoms with Crippen LogP contribution < -0.4 is 11.5 Å². The lowest BCUT2D eigenvalue weighted by molar-refractivity contribution is 0.475. The SMILES string of the molecule is Cc1ccccc1N.Nc1ccccc1.Oc1ccccc1. The van der Waals surface area contributed by atoms with Crippen LogP contribution in [0.25, 0.3) is 0 Å². The Labute approximate surface area is 131 Å². The number of aromatic hydroxyl groups is 1. The van der Waals surface area contributed by atoms with E-state index in [9.17, 15) is 0 Å². The van der Waals surface area contributed by atoms with Crippen molar-refractivity contribution < 1.29 is 5.11 Å². The van der Waals surface area contributed by atoms with Crippen molar-refractivity contribution in [1.82, 2.24) is 0 Å². The van der Waals surface area contributed by atoms with Crippen LogP contribution in [0.3, 0.4) is 0 Å². The average molecular weight is 294 g/mol. The number of phenolic OH excluding ortho intramolecular Hbond substituents is 1. The molecule has 0 aliphatic carbocycles. The summed E-state index contributed by atoms with van der Waals surface area (Å²) >= 11 is 0. The average Bonchev–Trinajstić information content (AvgIpc) is 2.53. The van der Waals surface area contributed by atoms with Gasteiger partial charge in [0.25, 0.3) is 0 Å². The van der Waals surface area contributed by atoms with Crippen molar-refractivity contribution >= 4 is 11.4 Å². The van der Waals surface area contributed by atoms with Gasteiger partial charge in [0.15, 0.2) is 0 Å². The van der Waals surface area contributed by atoms with Gasteiger partial charge in [0.05, 0.1) is 0 Å². The lowest BCUT2D eigenvalue weighted by Crippen LogP contribution is -1.85. The Bertz CT molecular complexity index is 581. The third kappa shape index (κ3) is 7.60. The summed E-state index contributed by atoms with van der Waals surface area (Å²) in [6.45, 7) is 2.00. The molecular weight excluding hydrogens is 272 g/mol. The van der Waals surface area contributed by atoms with Crippen molar-refractivity contribution in [2.75, 3.05) is 11.5 Å². The number of hydrogen-bond acceptors (Lipinski definition) is 3. The molecule has 3 rings (SSSR count). The second-order valence-corrected chi connectivity index (χ2v) is 4.60. The zero-order chi connectivity index (χ0) is 16.2. The summed E-state index contributed by atoms with van der Waals surface area (Å²) in [5.74, 6) is 0.322. The van der Waals surface area contributed by atoms with Crippen LogP contribution in [-0.4, -0.2) is 5.11 Å². The first kappa shape index (κ1) is 17.1. The topological polar surface area (TPSA) is 72.3 Å². The molecule has 0 saturated carbocycles. The first-order valence-corrected chi connectivity index (χ1v) is 6.95. The third-order valence-electron chi connectivity index (χ3n) is 2.74. The number of phenols is 1. The molecule has 0 aliphatic heterocycles. The van der Waals surface area contributed by atoms with Crippen molar-refractivity contribution in [3.8, 4) is 5.75 Å². The molecule has 3 heteroatoms. The fraction of sp³-hybridized carbons (Fsp3) is 0.0526. The van der Waals surface area contributed by atoms with E-state index in [0.717, 1.165) is 16.9 Å². The Morgan fingerprint density at radius 3 is 1.36 bits per heavy atom. The molecule has 3 nitrogen and oxygen atoms in total. The monoisotopic (exact) mass is 294 g/mol. The summed E-state index contributed by atoms with van der Waals surface area (Å²) in [5.41, 5.74) is 13.7. The first-order valence-electron chi connectivity index (χ1n) is 6.95. The lowest BCUT2D eigenvalue weighted by atomic mass is 10.2. The van der Waals surface area contributed by atoms with Gasteiger partial charge in [-0.2, -0.15) is 0 Å². The van der Waals surface area contributed by atoms with E-state index in [1.54, 1.807) is 24.3 Å². The highest BCUT2D eigenvalue weighted by atomic mass is 16.3. The highest BCUT2D eigenvalue weighted by molar-refractivity contribution is 5.44. The van der Waals surface area contributed by atoms with E-state index in [2.05, 4.69) is 0 Å². The van der Waals surface area contributed by atoms with E-state index in [4.69, 9.17) is 16.6 Å². The highest BCUT2D eigenvalue weighted by Gasteiger charge is 1.84. The number of anilines is 2. The van der Waals surface area contributed by atoms with Gasteiger partial charge in [0, 0.05) is 11.4 Å². The molecule has 0 spiro atoms. The second kappa shape index (κ2) is 9.88. The van der Waals surface area contributed by atoms with Crippen LogP contribution in [0.5, 0.6) is 5.75 Å². The molecule has 0 radical (unpaired) electrons. The summed E-state index contributed by atoms with van der Waals surface area (Å²) in [6.07, 6.45) is 0. The van der Waals surface area contributed by atoms with Gasteiger partial charge >= 0.3 is 0 Å². The number of nitrogens with two attached hydrogens (primary N) is 2.